The zero-order valence-electron chi connectivity index (χ0n) is 13.1. The maximum Gasteiger partial charge on any atom is 0.188 e. The molecule has 3 atom stereocenters. The number of thioether (sulfide) groups is 1. The SMILES string of the molecule is CCCC1CCC(NC)C(Sc2nc(C)cc(C)n2)C1. The van der Waals surface area contributed by atoms with Crippen LogP contribution in [0.4, 0.5) is 0 Å². The van der Waals surface area contributed by atoms with Crippen molar-refractivity contribution in [2.45, 2.75) is 69.3 Å². The largest absolute Gasteiger partial charge is 0.316 e. The normalized spacial score (nSPS) is 26.7. The Morgan fingerprint density at radius 3 is 2.55 bits per heavy atom. The predicted molar refractivity (Wildman–Crippen MR) is 86.2 cm³/mol. The van der Waals surface area contributed by atoms with Gasteiger partial charge in [0.05, 0.1) is 0 Å². The third-order valence-corrected chi connectivity index (χ3v) is 5.40. The molecule has 0 aromatic carbocycles. The van der Waals surface area contributed by atoms with E-state index in [0.29, 0.717) is 11.3 Å². The Hall–Kier alpha value is -0.610. The van der Waals surface area contributed by atoms with E-state index in [0.717, 1.165) is 22.5 Å². The highest BCUT2D eigenvalue weighted by molar-refractivity contribution is 7.99. The van der Waals surface area contributed by atoms with Crippen molar-refractivity contribution in [3.8, 4) is 0 Å². The molecule has 4 heteroatoms. The second-order valence-corrected chi connectivity index (χ2v) is 7.16. The maximum absolute atomic E-state index is 4.59. The van der Waals surface area contributed by atoms with Gasteiger partial charge in [0.1, 0.15) is 0 Å². The second-order valence-electron chi connectivity index (χ2n) is 5.95. The highest BCUT2D eigenvalue weighted by Gasteiger charge is 2.30. The van der Waals surface area contributed by atoms with Crippen molar-refractivity contribution >= 4 is 11.8 Å². The molecule has 1 heterocycles. The Bertz CT molecular complexity index is 415. The van der Waals surface area contributed by atoms with Gasteiger partial charge in [-0.3, -0.25) is 0 Å². The van der Waals surface area contributed by atoms with Crippen LogP contribution in [0, 0.1) is 19.8 Å². The molecule has 0 radical (unpaired) electrons. The molecule has 1 N–H and O–H groups in total. The second kappa shape index (κ2) is 7.41. The lowest BCUT2D eigenvalue weighted by atomic mass is 9.83. The van der Waals surface area contributed by atoms with Gasteiger partial charge in [0, 0.05) is 22.7 Å². The Morgan fingerprint density at radius 1 is 1.25 bits per heavy atom. The fourth-order valence-electron chi connectivity index (χ4n) is 3.22. The van der Waals surface area contributed by atoms with Crippen LogP contribution in [0.5, 0.6) is 0 Å². The zero-order chi connectivity index (χ0) is 14.5. The number of hydrogen-bond acceptors (Lipinski definition) is 4. The van der Waals surface area contributed by atoms with E-state index in [2.05, 4.69) is 43.1 Å². The molecule has 20 heavy (non-hydrogen) atoms. The molecule has 0 bridgehead atoms. The summed E-state index contributed by atoms with van der Waals surface area (Å²) >= 11 is 1.87. The summed E-state index contributed by atoms with van der Waals surface area (Å²) in [7, 11) is 2.08. The van der Waals surface area contributed by atoms with Crippen molar-refractivity contribution in [2.24, 2.45) is 5.92 Å². The Kier molecular flexibility index (Phi) is 5.85. The quantitative estimate of drug-likeness (QED) is 0.839. The molecule has 1 aliphatic rings. The highest BCUT2D eigenvalue weighted by Crippen LogP contribution is 2.37. The van der Waals surface area contributed by atoms with E-state index in [1.165, 1.54) is 32.1 Å². The van der Waals surface area contributed by atoms with Crippen molar-refractivity contribution in [1.82, 2.24) is 15.3 Å². The Morgan fingerprint density at radius 2 is 1.95 bits per heavy atom. The minimum absolute atomic E-state index is 0.595. The zero-order valence-corrected chi connectivity index (χ0v) is 14.0. The first-order valence-electron chi connectivity index (χ1n) is 7.78. The summed E-state index contributed by atoms with van der Waals surface area (Å²) in [4.78, 5) is 9.18. The summed E-state index contributed by atoms with van der Waals surface area (Å²) in [6.45, 7) is 6.39. The van der Waals surface area contributed by atoms with Gasteiger partial charge in [0.2, 0.25) is 0 Å². The lowest BCUT2D eigenvalue weighted by Crippen LogP contribution is -2.40. The number of aryl methyl sites for hydroxylation is 2. The summed E-state index contributed by atoms with van der Waals surface area (Å²) in [6, 6.07) is 2.64. The first-order valence-corrected chi connectivity index (χ1v) is 8.66. The molecule has 2 rings (SSSR count). The van der Waals surface area contributed by atoms with E-state index < -0.39 is 0 Å². The van der Waals surface area contributed by atoms with Gasteiger partial charge in [-0.15, -0.1) is 0 Å². The van der Waals surface area contributed by atoms with Crippen LogP contribution in [0.15, 0.2) is 11.2 Å². The van der Waals surface area contributed by atoms with E-state index in [1.54, 1.807) is 0 Å². The molecule has 1 aromatic rings. The van der Waals surface area contributed by atoms with Crippen molar-refractivity contribution < 1.29 is 0 Å². The standard InChI is InChI=1S/C16H27N3S/c1-5-6-13-7-8-14(17-4)15(10-13)20-16-18-11(2)9-12(3)19-16/h9,13-15,17H,5-8,10H2,1-4H3. The van der Waals surface area contributed by atoms with Gasteiger partial charge < -0.3 is 5.32 Å². The number of nitrogens with one attached hydrogen (secondary N) is 1. The van der Waals surface area contributed by atoms with E-state index in [4.69, 9.17) is 0 Å². The van der Waals surface area contributed by atoms with E-state index >= 15 is 0 Å². The number of nitrogens with zero attached hydrogens (tertiary/aromatic N) is 2. The maximum atomic E-state index is 4.59. The van der Waals surface area contributed by atoms with Gasteiger partial charge in [-0.1, -0.05) is 31.5 Å². The molecule has 0 amide bonds. The molecule has 1 aromatic heterocycles. The summed E-state index contributed by atoms with van der Waals surface area (Å²) < 4.78 is 0. The molecule has 1 aliphatic carbocycles. The molecule has 0 saturated heterocycles. The van der Waals surface area contributed by atoms with Crippen LogP contribution in [-0.4, -0.2) is 28.3 Å². The van der Waals surface area contributed by atoms with Crippen molar-refractivity contribution in [3.63, 3.8) is 0 Å². The highest BCUT2D eigenvalue weighted by atomic mass is 32.2. The first-order chi connectivity index (χ1) is 9.62. The predicted octanol–water partition coefficient (Wildman–Crippen LogP) is 3.74. The molecule has 3 unspecified atom stereocenters. The van der Waals surface area contributed by atoms with Crippen LogP contribution < -0.4 is 5.32 Å². The van der Waals surface area contributed by atoms with Gasteiger partial charge in [-0.2, -0.15) is 0 Å². The number of hydrogen-bond donors (Lipinski definition) is 1. The first kappa shape index (κ1) is 15.8. The summed E-state index contributed by atoms with van der Waals surface area (Å²) in [5, 5.41) is 5.04. The molecular weight excluding hydrogens is 266 g/mol. The van der Waals surface area contributed by atoms with Gasteiger partial charge in [-0.05, 0) is 52.1 Å². The smallest absolute Gasteiger partial charge is 0.188 e. The summed E-state index contributed by atoms with van der Waals surface area (Å²) in [5.74, 6) is 0.882. The van der Waals surface area contributed by atoms with Crippen molar-refractivity contribution in [3.05, 3.63) is 17.5 Å². The van der Waals surface area contributed by atoms with Crippen LogP contribution >= 0.6 is 11.8 Å². The van der Waals surface area contributed by atoms with Crippen LogP contribution in [-0.2, 0) is 0 Å². The molecule has 3 nitrogen and oxygen atoms in total. The van der Waals surface area contributed by atoms with Gasteiger partial charge in [0.25, 0.3) is 0 Å². The van der Waals surface area contributed by atoms with E-state index in [9.17, 15) is 0 Å². The molecule has 1 saturated carbocycles. The minimum atomic E-state index is 0.595. The minimum Gasteiger partial charge on any atom is -0.316 e. The number of aromatic nitrogens is 2. The molecular formula is C16H27N3S. The lowest BCUT2D eigenvalue weighted by Gasteiger charge is -2.35. The van der Waals surface area contributed by atoms with Crippen molar-refractivity contribution in [2.75, 3.05) is 7.05 Å². The monoisotopic (exact) mass is 293 g/mol. The third-order valence-electron chi connectivity index (χ3n) is 4.19. The van der Waals surface area contributed by atoms with Crippen LogP contribution in [0.2, 0.25) is 0 Å². The molecule has 1 fully saturated rings. The van der Waals surface area contributed by atoms with Gasteiger partial charge in [0.15, 0.2) is 5.16 Å². The van der Waals surface area contributed by atoms with Gasteiger partial charge in [-0.25, -0.2) is 9.97 Å². The number of rotatable bonds is 5. The average molecular weight is 293 g/mol. The topological polar surface area (TPSA) is 37.8 Å². The molecule has 0 aliphatic heterocycles. The fraction of sp³-hybridized carbons (Fsp3) is 0.750. The van der Waals surface area contributed by atoms with E-state index in [1.807, 2.05) is 17.8 Å². The molecule has 112 valence electrons. The van der Waals surface area contributed by atoms with Crippen LogP contribution in [0.1, 0.15) is 50.4 Å². The third kappa shape index (κ3) is 4.19. The Balaban J connectivity index is 2.06. The molecule has 0 spiro atoms. The lowest BCUT2D eigenvalue weighted by molar-refractivity contribution is 0.295. The van der Waals surface area contributed by atoms with Crippen LogP contribution in [0.25, 0.3) is 0 Å². The summed E-state index contributed by atoms with van der Waals surface area (Å²) in [5.41, 5.74) is 2.14. The summed E-state index contributed by atoms with van der Waals surface area (Å²) in [6.07, 6.45) is 6.60. The van der Waals surface area contributed by atoms with Crippen molar-refractivity contribution in [1.29, 1.82) is 0 Å². The average Bonchev–Trinajstić information content (AvgIpc) is 2.38. The Labute approximate surface area is 127 Å². The van der Waals surface area contributed by atoms with Crippen LogP contribution in [0.3, 0.4) is 0 Å². The van der Waals surface area contributed by atoms with E-state index in [-0.39, 0.29) is 0 Å². The fourth-order valence-corrected chi connectivity index (χ4v) is 4.69. The van der Waals surface area contributed by atoms with Gasteiger partial charge >= 0.3 is 0 Å².